The van der Waals surface area contributed by atoms with Crippen molar-refractivity contribution in [2.75, 3.05) is 6.54 Å². The number of hydrogen-bond acceptors (Lipinski definition) is 3. The lowest BCUT2D eigenvalue weighted by Crippen LogP contribution is -2.45. The Bertz CT molecular complexity index is 728. The first-order valence-corrected chi connectivity index (χ1v) is 8.21. The largest absolute Gasteiger partial charge is 0.331 e. The molecule has 0 saturated heterocycles. The van der Waals surface area contributed by atoms with E-state index in [-0.39, 0.29) is 12.1 Å². The van der Waals surface area contributed by atoms with Crippen LogP contribution in [-0.2, 0) is 19.5 Å². The lowest BCUT2D eigenvalue weighted by Gasteiger charge is -2.28. The van der Waals surface area contributed by atoms with Crippen molar-refractivity contribution < 1.29 is 4.79 Å². The van der Waals surface area contributed by atoms with Crippen molar-refractivity contribution in [2.45, 2.75) is 32.0 Å². The minimum atomic E-state index is -0.0212. The third-order valence-electron chi connectivity index (χ3n) is 4.44. The first kappa shape index (κ1) is 13.8. The van der Waals surface area contributed by atoms with Gasteiger partial charge in [-0.15, -0.1) is 10.2 Å². The summed E-state index contributed by atoms with van der Waals surface area (Å²) in [5.74, 6) is 0.843. The fourth-order valence-corrected chi connectivity index (χ4v) is 3.82. The lowest BCUT2D eigenvalue weighted by atomic mass is 10.1. The van der Waals surface area contributed by atoms with E-state index >= 15 is 0 Å². The van der Waals surface area contributed by atoms with E-state index in [1.54, 1.807) is 11.2 Å². The van der Waals surface area contributed by atoms with Gasteiger partial charge in [-0.2, -0.15) is 0 Å². The summed E-state index contributed by atoms with van der Waals surface area (Å²) in [5.41, 5.74) is 2.54. The number of fused-ring (bicyclic) bond motifs is 2. The molecule has 2 aromatic rings. The van der Waals surface area contributed by atoms with Crippen LogP contribution < -0.4 is 5.32 Å². The Morgan fingerprint density at radius 3 is 3.18 bits per heavy atom. The number of rotatable bonds is 1. The fourth-order valence-electron chi connectivity index (χ4n) is 3.24. The molecule has 1 unspecified atom stereocenters. The van der Waals surface area contributed by atoms with E-state index in [0.29, 0.717) is 13.1 Å². The molecule has 2 amide bonds. The molecule has 0 spiro atoms. The van der Waals surface area contributed by atoms with Crippen molar-refractivity contribution in [2.24, 2.45) is 0 Å². The molecule has 1 aromatic carbocycles. The summed E-state index contributed by atoms with van der Waals surface area (Å²) in [6.45, 7) is 1.96. The van der Waals surface area contributed by atoms with Crippen molar-refractivity contribution in [3.05, 3.63) is 46.0 Å². The highest BCUT2D eigenvalue weighted by atomic mass is 79.9. The smallest absolute Gasteiger partial charge is 0.318 e. The van der Waals surface area contributed by atoms with Gasteiger partial charge in [0, 0.05) is 17.6 Å². The molecular weight excluding hydrogens is 346 g/mol. The number of carbonyl (C=O) groups excluding carboxylic acids is 1. The molecule has 1 N–H and O–H groups in total. The molecule has 1 aromatic heterocycles. The number of halogens is 1. The lowest BCUT2D eigenvalue weighted by molar-refractivity contribution is 0.178. The first-order valence-electron chi connectivity index (χ1n) is 7.42. The van der Waals surface area contributed by atoms with Gasteiger partial charge in [-0.3, -0.25) is 0 Å². The van der Waals surface area contributed by atoms with Gasteiger partial charge in [-0.25, -0.2) is 4.79 Å². The van der Waals surface area contributed by atoms with Crippen LogP contribution in [0.2, 0.25) is 0 Å². The van der Waals surface area contributed by atoms with Crippen molar-refractivity contribution in [3.63, 3.8) is 0 Å². The number of benzene rings is 1. The molecule has 0 bridgehead atoms. The molecule has 1 aliphatic heterocycles. The standard InChI is InChI=1S/C15H16BrN5O/c16-12-3-1-2-11-10(12)4-5-13(11)18-15(22)20-6-7-21-9-17-19-14(21)8-20/h1-3,9,13H,4-8H2,(H,18,22). The van der Waals surface area contributed by atoms with Crippen LogP contribution in [0.5, 0.6) is 0 Å². The molecule has 2 heterocycles. The fraction of sp³-hybridized carbons (Fsp3) is 0.400. The van der Waals surface area contributed by atoms with Crippen molar-refractivity contribution in [3.8, 4) is 0 Å². The van der Waals surface area contributed by atoms with Gasteiger partial charge < -0.3 is 14.8 Å². The highest BCUT2D eigenvalue weighted by Gasteiger charge is 2.28. The summed E-state index contributed by atoms with van der Waals surface area (Å²) >= 11 is 3.59. The first-order chi connectivity index (χ1) is 10.7. The van der Waals surface area contributed by atoms with Gasteiger partial charge in [0.1, 0.15) is 6.33 Å². The van der Waals surface area contributed by atoms with Gasteiger partial charge >= 0.3 is 6.03 Å². The van der Waals surface area contributed by atoms with Crippen LogP contribution in [0.25, 0.3) is 0 Å². The van der Waals surface area contributed by atoms with Crippen LogP contribution in [0, 0.1) is 0 Å². The average Bonchev–Trinajstić information content (AvgIpc) is 3.14. The van der Waals surface area contributed by atoms with E-state index in [9.17, 15) is 4.79 Å². The number of nitrogens with one attached hydrogen (secondary N) is 1. The van der Waals surface area contributed by atoms with Crippen LogP contribution in [0.15, 0.2) is 29.0 Å². The van der Waals surface area contributed by atoms with E-state index in [1.165, 1.54) is 11.1 Å². The zero-order chi connectivity index (χ0) is 15.1. The van der Waals surface area contributed by atoms with Gasteiger partial charge in [0.25, 0.3) is 0 Å². The second kappa shape index (κ2) is 5.39. The molecular formula is C15H16BrN5O. The van der Waals surface area contributed by atoms with Crippen LogP contribution in [0.1, 0.15) is 29.4 Å². The molecule has 1 atom stereocenters. The molecule has 1 aliphatic carbocycles. The SMILES string of the molecule is O=C(NC1CCc2c(Br)cccc21)N1CCn2cnnc2C1. The summed E-state index contributed by atoms with van der Waals surface area (Å²) in [6, 6.07) is 6.26. The monoisotopic (exact) mass is 361 g/mol. The zero-order valence-corrected chi connectivity index (χ0v) is 13.6. The number of aromatic nitrogens is 3. The topological polar surface area (TPSA) is 63.1 Å². The van der Waals surface area contributed by atoms with Crippen LogP contribution in [-0.4, -0.2) is 32.2 Å². The third-order valence-corrected chi connectivity index (χ3v) is 5.18. The molecule has 6 nitrogen and oxygen atoms in total. The number of nitrogens with zero attached hydrogens (tertiary/aromatic N) is 4. The maximum Gasteiger partial charge on any atom is 0.318 e. The van der Waals surface area contributed by atoms with Crippen molar-refractivity contribution >= 4 is 22.0 Å². The summed E-state index contributed by atoms with van der Waals surface area (Å²) in [4.78, 5) is 14.3. The van der Waals surface area contributed by atoms with Crippen molar-refractivity contribution in [1.82, 2.24) is 25.0 Å². The van der Waals surface area contributed by atoms with Gasteiger partial charge in [0.15, 0.2) is 5.82 Å². The van der Waals surface area contributed by atoms with E-state index in [1.807, 2.05) is 10.6 Å². The van der Waals surface area contributed by atoms with Gasteiger partial charge in [0.2, 0.25) is 0 Å². The normalized spacial score (nSPS) is 19.7. The van der Waals surface area contributed by atoms with Crippen LogP contribution in [0.4, 0.5) is 4.79 Å². The van der Waals surface area contributed by atoms with Gasteiger partial charge in [-0.05, 0) is 30.0 Å². The molecule has 22 heavy (non-hydrogen) atoms. The van der Waals surface area contributed by atoms with Crippen LogP contribution >= 0.6 is 15.9 Å². The molecule has 0 radical (unpaired) electrons. The maximum absolute atomic E-state index is 12.5. The Labute approximate surface area is 136 Å². The summed E-state index contributed by atoms with van der Waals surface area (Å²) in [6.07, 6.45) is 3.67. The predicted octanol–water partition coefficient (Wildman–Crippen LogP) is 2.25. The molecule has 0 fully saturated rings. The number of carbonyl (C=O) groups is 1. The van der Waals surface area contributed by atoms with Crippen molar-refractivity contribution in [1.29, 1.82) is 0 Å². The van der Waals surface area contributed by atoms with Crippen LogP contribution in [0.3, 0.4) is 0 Å². The minimum Gasteiger partial charge on any atom is -0.331 e. The molecule has 7 heteroatoms. The Kier molecular flexibility index (Phi) is 3.37. The average molecular weight is 362 g/mol. The Balaban J connectivity index is 1.47. The minimum absolute atomic E-state index is 0.0212. The Morgan fingerprint density at radius 2 is 2.27 bits per heavy atom. The Morgan fingerprint density at radius 1 is 1.36 bits per heavy atom. The van der Waals surface area contributed by atoms with Gasteiger partial charge in [-0.1, -0.05) is 28.1 Å². The summed E-state index contributed by atoms with van der Waals surface area (Å²) < 4.78 is 3.12. The molecule has 0 saturated carbocycles. The highest BCUT2D eigenvalue weighted by Crippen LogP contribution is 2.35. The number of hydrogen-bond donors (Lipinski definition) is 1. The van der Waals surface area contributed by atoms with E-state index < -0.39 is 0 Å². The molecule has 4 rings (SSSR count). The summed E-state index contributed by atoms with van der Waals surface area (Å²) in [5, 5.41) is 11.1. The van der Waals surface area contributed by atoms with E-state index in [2.05, 4.69) is 43.6 Å². The Hall–Kier alpha value is -1.89. The quantitative estimate of drug-likeness (QED) is 0.847. The van der Waals surface area contributed by atoms with E-state index in [4.69, 9.17) is 0 Å². The number of urea groups is 1. The predicted molar refractivity (Wildman–Crippen MR) is 84.2 cm³/mol. The second-order valence-electron chi connectivity index (χ2n) is 5.71. The molecule has 114 valence electrons. The third kappa shape index (κ3) is 2.29. The summed E-state index contributed by atoms with van der Waals surface area (Å²) in [7, 11) is 0. The zero-order valence-electron chi connectivity index (χ0n) is 12.0. The highest BCUT2D eigenvalue weighted by molar-refractivity contribution is 9.10. The van der Waals surface area contributed by atoms with E-state index in [0.717, 1.165) is 29.7 Å². The number of amides is 2. The second-order valence-corrected chi connectivity index (χ2v) is 6.56. The molecule has 2 aliphatic rings. The maximum atomic E-state index is 12.5. The van der Waals surface area contributed by atoms with Gasteiger partial charge in [0.05, 0.1) is 12.6 Å².